The molecule has 452 valence electrons. The molecule has 1 amide bonds. The molecule has 3 aromatic carbocycles. The third-order valence-electron chi connectivity index (χ3n) is 14.9. The Kier molecular flexibility index (Phi) is 37.3. The summed E-state index contributed by atoms with van der Waals surface area (Å²) >= 11 is 1.28. The largest absolute Gasteiger partial charge is 0.497 e. The van der Waals surface area contributed by atoms with Crippen LogP contribution < -0.4 is 10.1 Å². The molecule has 4 rings (SSSR count). The number of esters is 3. The van der Waals surface area contributed by atoms with Crippen LogP contribution in [0.25, 0.3) is 0 Å². The molecule has 0 aromatic heterocycles. The molecule has 13 nitrogen and oxygen atoms in total. The quantitative estimate of drug-likeness (QED) is 0.0211. The van der Waals surface area contributed by atoms with Gasteiger partial charge in [-0.3, -0.25) is 14.4 Å². The Labute approximate surface area is 490 Å². The standard InChI is InChI=1S/C67H101NO12S/c1-4-6-8-10-12-14-16-18-19-21-23-25-27-29-37-43-60(70)68-57(50-69)58(42-36-28-26-24-22-20-17-15-13-11-9-7-5-2)78-62(72)49-48-61(71)76-52-59-63(73)64(77-51-53-44-46-55(75-3)47-45-53)65(80-66(74)54-38-32-30-33-39-54)67(79-59)81-56-40-34-31-35-41-56/h30-36,38-42,44-47,57-59,63-65,67,69,73H,4-29,37,43,48-52H2,1-3H3,(H,68,70)/b42-36+/t57-,58+,59+,63+,64-,65+,67-/m0/s1. The molecule has 0 unspecified atom stereocenters. The highest BCUT2D eigenvalue weighted by Gasteiger charge is 2.49. The zero-order chi connectivity index (χ0) is 58.0. The third-order valence-corrected chi connectivity index (χ3v) is 16.1. The predicted molar refractivity (Wildman–Crippen MR) is 323 cm³/mol. The summed E-state index contributed by atoms with van der Waals surface area (Å²) in [6.45, 7) is 3.69. The number of aliphatic hydroxyl groups excluding tert-OH is 2. The number of allylic oxidation sites excluding steroid dienone is 1. The van der Waals surface area contributed by atoms with Gasteiger partial charge in [0.1, 0.15) is 42.2 Å². The van der Waals surface area contributed by atoms with Crippen molar-refractivity contribution in [3.8, 4) is 5.75 Å². The maximum absolute atomic E-state index is 13.6. The fourth-order valence-electron chi connectivity index (χ4n) is 9.99. The topological polar surface area (TPSA) is 176 Å². The number of hydrogen-bond acceptors (Lipinski definition) is 13. The number of carbonyl (C=O) groups excluding carboxylic acids is 4. The molecule has 1 aliphatic heterocycles. The first-order valence-electron chi connectivity index (χ1n) is 31.1. The summed E-state index contributed by atoms with van der Waals surface area (Å²) in [6.07, 6.45) is 30.3. The first kappa shape index (κ1) is 68.8. The molecule has 0 saturated carbocycles. The summed E-state index contributed by atoms with van der Waals surface area (Å²) in [4.78, 5) is 54.5. The molecule has 1 fully saturated rings. The van der Waals surface area contributed by atoms with E-state index in [1.54, 1.807) is 55.7 Å². The minimum atomic E-state index is -1.43. The molecule has 0 radical (unpaired) electrons. The number of aliphatic hydroxyl groups is 2. The van der Waals surface area contributed by atoms with E-state index in [9.17, 15) is 29.4 Å². The van der Waals surface area contributed by atoms with Gasteiger partial charge in [0.15, 0.2) is 6.10 Å². The molecule has 3 N–H and O–H groups in total. The lowest BCUT2D eigenvalue weighted by Gasteiger charge is -2.43. The van der Waals surface area contributed by atoms with Crippen molar-refractivity contribution in [2.24, 2.45) is 0 Å². The number of nitrogens with one attached hydrogen (secondary N) is 1. The van der Waals surface area contributed by atoms with Crippen LogP contribution in [0.15, 0.2) is 102 Å². The van der Waals surface area contributed by atoms with Crippen molar-refractivity contribution in [2.45, 2.75) is 260 Å². The second kappa shape index (κ2) is 43.9. The number of rotatable bonds is 46. The molecule has 1 aliphatic rings. The van der Waals surface area contributed by atoms with E-state index < -0.39 is 73.1 Å². The summed E-state index contributed by atoms with van der Waals surface area (Å²) in [5, 5.41) is 25.4. The Bertz CT molecular complexity index is 2130. The maximum Gasteiger partial charge on any atom is 0.338 e. The van der Waals surface area contributed by atoms with Gasteiger partial charge in [-0.15, -0.1) is 0 Å². The van der Waals surface area contributed by atoms with Crippen molar-refractivity contribution in [2.75, 3.05) is 20.3 Å². The van der Waals surface area contributed by atoms with Gasteiger partial charge in [0.2, 0.25) is 5.91 Å². The lowest BCUT2D eigenvalue weighted by molar-refractivity contribution is -0.226. The van der Waals surface area contributed by atoms with Gasteiger partial charge in [-0.1, -0.05) is 234 Å². The van der Waals surface area contributed by atoms with Crippen LogP contribution in [0, 0.1) is 0 Å². The average Bonchev–Trinajstić information content (AvgIpc) is 3.53. The normalized spacial score (nSPS) is 17.8. The fourth-order valence-corrected chi connectivity index (χ4v) is 11.1. The van der Waals surface area contributed by atoms with Crippen molar-refractivity contribution < 1.29 is 57.8 Å². The highest BCUT2D eigenvalue weighted by molar-refractivity contribution is 7.99. The van der Waals surface area contributed by atoms with E-state index in [-0.39, 0.29) is 25.4 Å². The third kappa shape index (κ3) is 29.9. The van der Waals surface area contributed by atoms with Gasteiger partial charge in [0.05, 0.1) is 44.8 Å². The minimum absolute atomic E-state index is 0.0400. The number of carbonyl (C=O) groups is 4. The van der Waals surface area contributed by atoms with E-state index in [0.717, 1.165) is 61.8 Å². The number of ether oxygens (including phenoxy) is 6. The number of hydrogen-bond donors (Lipinski definition) is 3. The van der Waals surface area contributed by atoms with E-state index in [2.05, 4.69) is 19.2 Å². The van der Waals surface area contributed by atoms with Gasteiger partial charge in [0.25, 0.3) is 0 Å². The molecular formula is C67H101NO12S. The minimum Gasteiger partial charge on any atom is -0.497 e. The number of thioether (sulfide) groups is 1. The van der Waals surface area contributed by atoms with Gasteiger partial charge >= 0.3 is 17.9 Å². The summed E-state index contributed by atoms with van der Waals surface area (Å²) in [6, 6.07) is 24.3. The Morgan fingerprint density at radius 1 is 0.630 bits per heavy atom. The van der Waals surface area contributed by atoms with Gasteiger partial charge in [-0.25, -0.2) is 4.79 Å². The van der Waals surface area contributed by atoms with Crippen LogP contribution in [0.1, 0.15) is 222 Å². The van der Waals surface area contributed by atoms with E-state index in [0.29, 0.717) is 17.7 Å². The number of benzene rings is 3. The fraction of sp³-hybridized carbons (Fsp3) is 0.642. The summed E-state index contributed by atoms with van der Waals surface area (Å²) in [5.74, 6) is -1.61. The van der Waals surface area contributed by atoms with Crippen molar-refractivity contribution in [1.82, 2.24) is 5.32 Å². The van der Waals surface area contributed by atoms with Gasteiger partial charge in [0, 0.05) is 11.3 Å². The van der Waals surface area contributed by atoms with Gasteiger partial charge in [-0.05, 0) is 67.3 Å². The Morgan fingerprint density at radius 3 is 1.69 bits per heavy atom. The first-order chi connectivity index (χ1) is 39.6. The molecule has 0 spiro atoms. The van der Waals surface area contributed by atoms with Crippen LogP contribution in [0.4, 0.5) is 0 Å². The summed E-state index contributed by atoms with van der Waals surface area (Å²) in [7, 11) is 1.58. The lowest BCUT2D eigenvalue weighted by Crippen LogP contribution is -2.60. The molecule has 1 heterocycles. The van der Waals surface area contributed by atoms with Crippen molar-refractivity contribution >= 4 is 35.6 Å². The van der Waals surface area contributed by atoms with Crippen LogP contribution in [-0.2, 0) is 44.7 Å². The zero-order valence-electron chi connectivity index (χ0n) is 49.5. The van der Waals surface area contributed by atoms with Crippen LogP contribution >= 0.6 is 11.8 Å². The van der Waals surface area contributed by atoms with Gasteiger partial charge < -0.3 is 44.0 Å². The van der Waals surface area contributed by atoms with Crippen molar-refractivity contribution in [1.29, 1.82) is 0 Å². The Hall–Kier alpha value is -4.73. The van der Waals surface area contributed by atoms with Crippen molar-refractivity contribution in [3.05, 3.63) is 108 Å². The van der Waals surface area contributed by atoms with E-state index in [1.165, 1.54) is 134 Å². The highest BCUT2D eigenvalue weighted by atomic mass is 32.2. The molecule has 14 heteroatoms. The average molecular weight is 1140 g/mol. The summed E-state index contributed by atoms with van der Waals surface area (Å²) in [5.41, 5.74) is 0.171. The van der Waals surface area contributed by atoms with Crippen LogP contribution in [0.2, 0.25) is 0 Å². The van der Waals surface area contributed by atoms with E-state index >= 15 is 0 Å². The zero-order valence-corrected chi connectivity index (χ0v) is 50.3. The molecule has 81 heavy (non-hydrogen) atoms. The molecule has 1 saturated heterocycles. The number of amides is 1. The Balaban J connectivity index is 1.32. The SMILES string of the molecule is CCCCCCCCCCCCC/C=C/[C@@H](OC(=O)CCC(=O)OC[C@H]1O[C@@H](Sc2ccccc2)[C@H](OC(=O)c2ccccc2)[C@@H](OCc2ccc(OC)cc2)[C@@H]1O)[C@H](CO)NC(=O)CCCCCCCCCCCCCCCCC. The second-order valence-electron chi connectivity index (χ2n) is 21.8. The second-order valence-corrected chi connectivity index (χ2v) is 22.9. The molecule has 3 aromatic rings. The number of methoxy groups -OCH3 is 1. The van der Waals surface area contributed by atoms with Crippen LogP contribution in [0.3, 0.4) is 0 Å². The molecule has 7 atom stereocenters. The molecule has 0 bridgehead atoms. The number of unbranched alkanes of at least 4 members (excludes halogenated alkanes) is 25. The van der Waals surface area contributed by atoms with Crippen LogP contribution in [0.5, 0.6) is 5.75 Å². The smallest absolute Gasteiger partial charge is 0.338 e. The van der Waals surface area contributed by atoms with Crippen molar-refractivity contribution in [3.63, 3.8) is 0 Å². The Morgan fingerprint density at radius 2 is 1.15 bits per heavy atom. The highest BCUT2D eigenvalue weighted by Crippen LogP contribution is 2.37. The van der Waals surface area contributed by atoms with E-state index in [4.69, 9.17) is 28.4 Å². The van der Waals surface area contributed by atoms with Gasteiger partial charge in [-0.2, -0.15) is 0 Å². The molecule has 0 aliphatic carbocycles. The van der Waals surface area contributed by atoms with Crippen LogP contribution in [-0.4, -0.2) is 96.3 Å². The monoisotopic (exact) mass is 1140 g/mol. The molecular weight excluding hydrogens is 1040 g/mol. The summed E-state index contributed by atoms with van der Waals surface area (Å²) < 4.78 is 35.9. The van der Waals surface area contributed by atoms with E-state index in [1.807, 2.05) is 48.5 Å². The lowest BCUT2D eigenvalue weighted by atomic mass is 9.99. The maximum atomic E-state index is 13.6. The first-order valence-corrected chi connectivity index (χ1v) is 32.0. The predicted octanol–water partition coefficient (Wildman–Crippen LogP) is 14.9.